The molecule has 0 spiro atoms. The van der Waals surface area contributed by atoms with Crippen LogP contribution >= 0.6 is 27.7 Å². The molecule has 88 valence electrons. The largest absolute Gasteiger partial charge is 0.324 e. The number of nitrogens with two attached hydrogens (primary N) is 1. The van der Waals surface area contributed by atoms with Crippen LogP contribution in [0.15, 0.2) is 57.0 Å². The average Bonchev–Trinajstić information content (AvgIpc) is 2.32. The lowest BCUT2D eigenvalue weighted by molar-refractivity contribution is 0.808. The predicted molar refractivity (Wildman–Crippen MR) is 75.1 cm³/mol. The summed E-state index contributed by atoms with van der Waals surface area (Å²) in [6, 6.07) is 12.1. The molecule has 0 aliphatic carbocycles. The molecule has 0 saturated carbocycles. The molecule has 0 fully saturated rings. The summed E-state index contributed by atoms with van der Waals surface area (Å²) in [7, 11) is 0. The quantitative estimate of drug-likeness (QED) is 0.931. The highest BCUT2D eigenvalue weighted by molar-refractivity contribution is 9.10. The highest BCUT2D eigenvalue weighted by Crippen LogP contribution is 2.32. The smallest absolute Gasteiger partial charge is 0.101 e. The second-order valence-electron chi connectivity index (χ2n) is 3.75. The van der Waals surface area contributed by atoms with Crippen LogP contribution in [0.3, 0.4) is 0 Å². The minimum Gasteiger partial charge on any atom is -0.324 e. The molecule has 17 heavy (non-hydrogen) atoms. The molecule has 1 aromatic heterocycles. The minimum absolute atomic E-state index is 0.0385. The molecule has 0 unspecified atom stereocenters. The summed E-state index contributed by atoms with van der Waals surface area (Å²) in [6.07, 6.45) is 1.80. The fraction of sp³-hybridized carbons (Fsp3) is 0.154. The van der Waals surface area contributed by atoms with Gasteiger partial charge in [-0.1, -0.05) is 23.9 Å². The molecule has 2 aromatic rings. The monoisotopic (exact) mass is 308 g/mol. The molecule has 0 amide bonds. The van der Waals surface area contributed by atoms with Gasteiger partial charge in [0.2, 0.25) is 0 Å². The van der Waals surface area contributed by atoms with E-state index in [0.717, 1.165) is 20.0 Å². The van der Waals surface area contributed by atoms with Crippen molar-refractivity contribution in [1.29, 1.82) is 0 Å². The lowest BCUT2D eigenvalue weighted by atomic mass is 10.1. The Morgan fingerprint density at radius 2 is 2.06 bits per heavy atom. The van der Waals surface area contributed by atoms with Crippen LogP contribution in [0.1, 0.15) is 18.5 Å². The lowest BCUT2D eigenvalue weighted by Crippen LogP contribution is -2.04. The number of benzene rings is 1. The highest BCUT2D eigenvalue weighted by atomic mass is 79.9. The number of aromatic nitrogens is 1. The van der Waals surface area contributed by atoms with Crippen molar-refractivity contribution < 1.29 is 0 Å². The number of halogens is 1. The second kappa shape index (κ2) is 5.67. The van der Waals surface area contributed by atoms with E-state index in [-0.39, 0.29) is 6.04 Å². The highest BCUT2D eigenvalue weighted by Gasteiger charge is 2.05. The van der Waals surface area contributed by atoms with Gasteiger partial charge in [-0.15, -0.1) is 0 Å². The Morgan fingerprint density at radius 1 is 1.29 bits per heavy atom. The van der Waals surface area contributed by atoms with Crippen molar-refractivity contribution in [3.63, 3.8) is 0 Å². The first-order valence-corrected chi connectivity index (χ1v) is 6.91. The first-order valence-electron chi connectivity index (χ1n) is 5.31. The summed E-state index contributed by atoms with van der Waals surface area (Å²) < 4.78 is 1.08. The SMILES string of the molecule is C[C@H](N)c1ccnc(Sc2ccccc2Br)c1. The van der Waals surface area contributed by atoms with Gasteiger partial charge in [0.15, 0.2) is 0 Å². The Morgan fingerprint density at radius 3 is 2.76 bits per heavy atom. The van der Waals surface area contributed by atoms with Gasteiger partial charge in [0.05, 0.1) is 0 Å². The summed E-state index contributed by atoms with van der Waals surface area (Å²) in [6.45, 7) is 1.97. The summed E-state index contributed by atoms with van der Waals surface area (Å²) in [5, 5.41) is 0.965. The van der Waals surface area contributed by atoms with Gasteiger partial charge in [0.1, 0.15) is 5.03 Å². The third-order valence-corrected chi connectivity index (χ3v) is 4.30. The topological polar surface area (TPSA) is 38.9 Å². The first-order chi connectivity index (χ1) is 8.16. The number of hydrogen-bond donors (Lipinski definition) is 1. The second-order valence-corrected chi connectivity index (χ2v) is 5.67. The Hall–Kier alpha value is -0.840. The number of pyridine rings is 1. The molecule has 0 bridgehead atoms. The average molecular weight is 309 g/mol. The van der Waals surface area contributed by atoms with Crippen molar-refractivity contribution >= 4 is 27.7 Å². The van der Waals surface area contributed by atoms with Crippen LogP contribution in [-0.4, -0.2) is 4.98 Å². The van der Waals surface area contributed by atoms with Crippen molar-refractivity contribution in [3.05, 3.63) is 52.6 Å². The van der Waals surface area contributed by atoms with Crippen LogP contribution in [0.5, 0.6) is 0 Å². The fourth-order valence-electron chi connectivity index (χ4n) is 1.40. The van der Waals surface area contributed by atoms with E-state index in [1.165, 1.54) is 0 Å². The van der Waals surface area contributed by atoms with Gasteiger partial charge in [-0.3, -0.25) is 0 Å². The molecule has 2 N–H and O–H groups in total. The van der Waals surface area contributed by atoms with E-state index < -0.39 is 0 Å². The van der Waals surface area contributed by atoms with Crippen molar-refractivity contribution in [3.8, 4) is 0 Å². The van der Waals surface area contributed by atoms with Crippen LogP contribution in [-0.2, 0) is 0 Å². The molecule has 0 aliphatic heterocycles. The van der Waals surface area contributed by atoms with Crippen LogP contribution in [0.4, 0.5) is 0 Å². The Labute approximate surface area is 114 Å². The molecule has 0 radical (unpaired) electrons. The standard InChI is InChI=1S/C13H13BrN2S/c1-9(15)10-6-7-16-13(8-10)17-12-5-3-2-4-11(12)14/h2-9H,15H2,1H3/t9-/m0/s1. The summed E-state index contributed by atoms with van der Waals surface area (Å²) in [5.74, 6) is 0. The van der Waals surface area contributed by atoms with Crippen molar-refractivity contribution in [1.82, 2.24) is 4.98 Å². The summed E-state index contributed by atoms with van der Waals surface area (Å²) >= 11 is 5.16. The van der Waals surface area contributed by atoms with Gasteiger partial charge < -0.3 is 5.73 Å². The van der Waals surface area contributed by atoms with E-state index in [1.807, 2.05) is 37.3 Å². The van der Waals surface area contributed by atoms with E-state index >= 15 is 0 Å². The van der Waals surface area contributed by atoms with Gasteiger partial charge in [0.25, 0.3) is 0 Å². The normalized spacial score (nSPS) is 12.4. The van der Waals surface area contributed by atoms with Gasteiger partial charge >= 0.3 is 0 Å². The molecule has 1 heterocycles. The number of hydrogen-bond acceptors (Lipinski definition) is 3. The van der Waals surface area contributed by atoms with E-state index in [2.05, 4.69) is 27.0 Å². The van der Waals surface area contributed by atoms with Crippen LogP contribution in [0.25, 0.3) is 0 Å². The van der Waals surface area contributed by atoms with E-state index in [9.17, 15) is 0 Å². The Kier molecular flexibility index (Phi) is 4.20. The molecule has 0 saturated heterocycles. The summed E-state index contributed by atoms with van der Waals surface area (Å²) in [4.78, 5) is 5.50. The van der Waals surface area contributed by atoms with E-state index in [0.29, 0.717) is 0 Å². The Bertz CT molecular complexity index is 514. The number of rotatable bonds is 3. The predicted octanol–water partition coefficient (Wildman–Crippen LogP) is 4.02. The zero-order valence-electron chi connectivity index (χ0n) is 9.43. The minimum atomic E-state index is 0.0385. The molecular formula is C13H13BrN2S. The van der Waals surface area contributed by atoms with Gasteiger partial charge in [-0.05, 0) is 52.7 Å². The third kappa shape index (κ3) is 3.31. The lowest BCUT2D eigenvalue weighted by Gasteiger charge is -2.07. The van der Waals surface area contributed by atoms with Crippen LogP contribution in [0, 0.1) is 0 Å². The molecule has 2 nitrogen and oxygen atoms in total. The molecule has 4 heteroatoms. The maximum atomic E-state index is 5.86. The molecule has 1 aromatic carbocycles. The molecule has 1 atom stereocenters. The van der Waals surface area contributed by atoms with E-state index in [4.69, 9.17) is 5.73 Å². The Balaban J connectivity index is 2.25. The fourth-order valence-corrected chi connectivity index (χ4v) is 2.78. The van der Waals surface area contributed by atoms with Gasteiger partial charge in [-0.2, -0.15) is 0 Å². The van der Waals surface area contributed by atoms with Crippen LogP contribution in [0.2, 0.25) is 0 Å². The van der Waals surface area contributed by atoms with Gasteiger partial charge in [-0.25, -0.2) is 4.98 Å². The van der Waals surface area contributed by atoms with E-state index in [1.54, 1.807) is 18.0 Å². The molecule has 2 rings (SSSR count). The summed E-state index contributed by atoms with van der Waals surface area (Å²) in [5.41, 5.74) is 6.97. The van der Waals surface area contributed by atoms with Gasteiger partial charge in [0, 0.05) is 21.6 Å². The van der Waals surface area contributed by atoms with Crippen molar-refractivity contribution in [2.24, 2.45) is 5.73 Å². The maximum Gasteiger partial charge on any atom is 0.101 e. The maximum absolute atomic E-state index is 5.86. The molecule has 0 aliphatic rings. The third-order valence-electron chi connectivity index (χ3n) is 2.34. The van der Waals surface area contributed by atoms with Crippen molar-refractivity contribution in [2.45, 2.75) is 22.9 Å². The van der Waals surface area contributed by atoms with Crippen LogP contribution < -0.4 is 5.73 Å². The molecular weight excluding hydrogens is 296 g/mol. The van der Waals surface area contributed by atoms with Crippen molar-refractivity contribution in [2.75, 3.05) is 0 Å². The number of nitrogens with zero attached hydrogens (tertiary/aromatic N) is 1. The zero-order valence-corrected chi connectivity index (χ0v) is 11.8. The zero-order chi connectivity index (χ0) is 12.3. The first kappa shape index (κ1) is 12.6.